The van der Waals surface area contributed by atoms with E-state index in [1.54, 1.807) is 0 Å². The Kier molecular flexibility index (Phi) is 4.25. The molecule has 7 heteroatoms. The molecule has 3 N–H and O–H groups in total. The van der Waals surface area contributed by atoms with Crippen LogP contribution >= 0.6 is 27.5 Å². The molecule has 0 radical (unpaired) electrons. The highest BCUT2D eigenvalue weighted by atomic mass is 79.9. The van der Waals surface area contributed by atoms with Crippen LogP contribution in [0.15, 0.2) is 34.8 Å². The van der Waals surface area contributed by atoms with Gasteiger partial charge in [0.15, 0.2) is 5.82 Å². The lowest BCUT2D eigenvalue weighted by molar-refractivity contribution is 0.102. The molecule has 0 atom stereocenters. The molecule has 2 aromatic carbocycles. The molecule has 0 aliphatic carbocycles. The average Bonchev–Trinajstić information content (AvgIpc) is 2.36. The molecule has 2 aromatic rings. The van der Waals surface area contributed by atoms with Gasteiger partial charge in [0.25, 0.3) is 5.91 Å². The van der Waals surface area contributed by atoms with E-state index in [0.29, 0.717) is 11.1 Å². The van der Waals surface area contributed by atoms with Gasteiger partial charge in [0.1, 0.15) is 5.82 Å². The Labute approximate surface area is 126 Å². The average molecular weight is 362 g/mol. The van der Waals surface area contributed by atoms with Crippen LogP contribution in [-0.2, 0) is 0 Å². The van der Waals surface area contributed by atoms with E-state index in [0.717, 1.165) is 6.07 Å². The van der Waals surface area contributed by atoms with E-state index in [2.05, 4.69) is 21.2 Å². The Morgan fingerprint density at radius 3 is 2.55 bits per heavy atom. The number of nitrogen functional groups attached to an aromatic ring is 1. The maximum atomic E-state index is 13.6. The molecule has 0 saturated heterocycles. The number of nitrogens with two attached hydrogens (primary N) is 1. The fraction of sp³-hybridized carbons (Fsp3) is 0. The van der Waals surface area contributed by atoms with Crippen molar-refractivity contribution in [2.75, 3.05) is 11.1 Å². The van der Waals surface area contributed by atoms with E-state index >= 15 is 0 Å². The maximum Gasteiger partial charge on any atom is 0.255 e. The van der Waals surface area contributed by atoms with Gasteiger partial charge < -0.3 is 11.1 Å². The van der Waals surface area contributed by atoms with E-state index in [4.69, 9.17) is 17.3 Å². The van der Waals surface area contributed by atoms with Gasteiger partial charge in [-0.2, -0.15) is 0 Å². The molecule has 0 saturated carbocycles. The zero-order chi connectivity index (χ0) is 14.9. The Hall–Kier alpha value is -1.66. The molecule has 2 rings (SSSR count). The van der Waals surface area contributed by atoms with Gasteiger partial charge in [0, 0.05) is 16.1 Å². The predicted octanol–water partition coefficient (Wildman–Crippen LogP) is 4.22. The van der Waals surface area contributed by atoms with E-state index in [1.807, 2.05) is 0 Å². The molecular formula is C13H8BrClF2N2O. The Bertz CT molecular complexity index is 671. The monoisotopic (exact) mass is 360 g/mol. The summed E-state index contributed by atoms with van der Waals surface area (Å²) in [5.41, 5.74) is 5.88. The molecule has 104 valence electrons. The third-order valence-corrected chi connectivity index (χ3v) is 3.47. The summed E-state index contributed by atoms with van der Waals surface area (Å²) in [6.45, 7) is 0. The molecule has 0 fully saturated rings. The molecule has 0 aromatic heterocycles. The maximum absolute atomic E-state index is 13.6. The number of hydrogen-bond donors (Lipinski definition) is 2. The highest BCUT2D eigenvalue weighted by molar-refractivity contribution is 9.10. The zero-order valence-electron chi connectivity index (χ0n) is 9.88. The minimum Gasteiger partial charge on any atom is -0.398 e. The van der Waals surface area contributed by atoms with Gasteiger partial charge in [0.05, 0.1) is 16.4 Å². The standard InChI is InChI=1S/C13H8BrClF2N2O/c14-8-4-7(16)5-10(17)12(8)19-13(20)6-1-2-9(15)11(18)3-6/h1-5H,18H2,(H,19,20). The van der Waals surface area contributed by atoms with E-state index in [-0.39, 0.29) is 21.4 Å². The Balaban J connectivity index is 2.30. The summed E-state index contributed by atoms with van der Waals surface area (Å²) in [6, 6.07) is 6.00. The van der Waals surface area contributed by atoms with Gasteiger partial charge in [0.2, 0.25) is 0 Å². The number of hydrogen-bond acceptors (Lipinski definition) is 2. The largest absolute Gasteiger partial charge is 0.398 e. The van der Waals surface area contributed by atoms with Crippen LogP contribution in [0.4, 0.5) is 20.2 Å². The van der Waals surface area contributed by atoms with Gasteiger partial charge in [-0.05, 0) is 40.2 Å². The summed E-state index contributed by atoms with van der Waals surface area (Å²) >= 11 is 8.73. The van der Waals surface area contributed by atoms with Crippen molar-refractivity contribution >= 4 is 44.8 Å². The van der Waals surface area contributed by atoms with Gasteiger partial charge in [-0.3, -0.25) is 4.79 Å². The van der Waals surface area contributed by atoms with Crippen molar-refractivity contribution in [3.05, 3.63) is 57.0 Å². The summed E-state index contributed by atoms with van der Waals surface area (Å²) in [5, 5.41) is 2.66. The molecular weight excluding hydrogens is 354 g/mol. The van der Waals surface area contributed by atoms with Crippen molar-refractivity contribution in [2.45, 2.75) is 0 Å². The minimum atomic E-state index is -0.882. The van der Waals surface area contributed by atoms with Gasteiger partial charge >= 0.3 is 0 Å². The first-order valence-electron chi connectivity index (χ1n) is 5.39. The molecule has 0 spiro atoms. The molecule has 0 heterocycles. The van der Waals surface area contributed by atoms with Gasteiger partial charge in [-0.1, -0.05) is 11.6 Å². The minimum absolute atomic E-state index is 0.102. The third kappa shape index (κ3) is 3.08. The van der Waals surface area contributed by atoms with Crippen molar-refractivity contribution in [3.63, 3.8) is 0 Å². The van der Waals surface area contributed by atoms with Crippen molar-refractivity contribution in [3.8, 4) is 0 Å². The zero-order valence-corrected chi connectivity index (χ0v) is 12.2. The first-order chi connectivity index (χ1) is 9.38. The Morgan fingerprint density at radius 2 is 1.95 bits per heavy atom. The number of carbonyl (C=O) groups excluding carboxylic acids is 1. The molecule has 3 nitrogen and oxygen atoms in total. The van der Waals surface area contributed by atoms with Crippen LogP contribution in [0.25, 0.3) is 0 Å². The molecule has 0 bridgehead atoms. The number of anilines is 2. The molecule has 0 aliphatic heterocycles. The van der Waals surface area contributed by atoms with E-state index in [9.17, 15) is 13.6 Å². The quantitative estimate of drug-likeness (QED) is 0.787. The third-order valence-electron chi connectivity index (χ3n) is 2.50. The van der Waals surface area contributed by atoms with Gasteiger partial charge in [-0.25, -0.2) is 8.78 Å². The summed E-state index contributed by atoms with van der Waals surface area (Å²) in [4.78, 5) is 12.0. The van der Waals surface area contributed by atoms with Crippen LogP contribution in [0, 0.1) is 11.6 Å². The fourth-order valence-corrected chi connectivity index (χ4v) is 2.16. The van der Waals surface area contributed by atoms with Crippen LogP contribution in [0.2, 0.25) is 5.02 Å². The molecule has 20 heavy (non-hydrogen) atoms. The second-order valence-corrected chi connectivity index (χ2v) is 5.20. The summed E-state index contributed by atoms with van der Waals surface area (Å²) in [7, 11) is 0. The number of nitrogens with one attached hydrogen (secondary N) is 1. The molecule has 1 amide bonds. The van der Waals surface area contributed by atoms with E-state index in [1.165, 1.54) is 18.2 Å². The number of carbonyl (C=O) groups is 1. The van der Waals surface area contributed by atoms with Crippen molar-refractivity contribution in [1.29, 1.82) is 0 Å². The topological polar surface area (TPSA) is 55.1 Å². The molecule has 0 unspecified atom stereocenters. The highest BCUT2D eigenvalue weighted by Gasteiger charge is 2.14. The summed E-state index contributed by atoms with van der Waals surface area (Å²) in [6.07, 6.45) is 0. The second kappa shape index (κ2) is 5.76. The SMILES string of the molecule is Nc1cc(C(=O)Nc2c(F)cc(F)cc2Br)ccc1Cl. The first-order valence-corrected chi connectivity index (χ1v) is 6.56. The number of benzene rings is 2. The second-order valence-electron chi connectivity index (χ2n) is 3.93. The lowest BCUT2D eigenvalue weighted by Gasteiger charge is -2.09. The van der Waals surface area contributed by atoms with Crippen LogP contribution in [0.3, 0.4) is 0 Å². The summed E-state index contributed by atoms with van der Waals surface area (Å²) in [5.74, 6) is -2.21. The van der Waals surface area contributed by atoms with Crippen molar-refractivity contribution in [1.82, 2.24) is 0 Å². The van der Waals surface area contributed by atoms with Crippen molar-refractivity contribution in [2.24, 2.45) is 0 Å². The smallest absolute Gasteiger partial charge is 0.255 e. The number of halogens is 4. The fourth-order valence-electron chi connectivity index (χ4n) is 1.53. The molecule has 0 aliphatic rings. The first kappa shape index (κ1) is 14.7. The van der Waals surface area contributed by atoms with Gasteiger partial charge in [-0.15, -0.1) is 0 Å². The lowest BCUT2D eigenvalue weighted by Crippen LogP contribution is -2.14. The van der Waals surface area contributed by atoms with Crippen LogP contribution in [0.5, 0.6) is 0 Å². The van der Waals surface area contributed by atoms with Crippen molar-refractivity contribution < 1.29 is 13.6 Å². The number of amides is 1. The lowest BCUT2D eigenvalue weighted by atomic mass is 10.2. The van der Waals surface area contributed by atoms with E-state index < -0.39 is 17.5 Å². The normalized spacial score (nSPS) is 10.4. The predicted molar refractivity (Wildman–Crippen MR) is 77.9 cm³/mol. The van der Waals surface area contributed by atoms with Crippen LogP contribution < -0.4 is 11.1 Å². The Morgan fingerprint density at radius 1 is 1.25 bits per heavy atom. The highest BCUT2D eigenvalue weighted by Crippen LogP contribution is 2.28. The van der Waals surface area contributed by atoms with Crippen LogP contribution in [-0.4, -0.2) is 5.91 Å². The number of rotatable bonds is 2. The van der Waals surface area contributed by atoms with Crippen LogP contribution in [0.1, 0.15) is 10.4 Å². The summed E-state index contributed by atoms with van der Waals surface area (Å²) < 4.78 is 26.7.